The lowest BCUT2D eigenvalue weighted by molar-refractivity contribution is -0.143. The first-order valence-corrected chi connectivity index (χ1v) is 13.4. The van der Waals surface area contributed by atoms with Gasteiger partial charge in [0.1, 0.15) is 11.8 Å². The van der Waals surface area contributed by atoms with Crippen LogP contribution in [-0.2, 0) is 22.6 Å². The molecule has 1 N–H and O–H groups in total. The molecule has 3 aromatic rings. The number of nitrogens with one attached hydrogen (secondary N) is 1. The van der Waals surface area contributed by atoms with Crippen LogP contribution in [0.3, 0.4) is 0 Å². The Balaban J connectivity index is 1.63. The molecule has 0 spiro atoms. The first-order valence-electron chi connectivity index (χ1n) is 13.0. The minimum absolute atomic E-state index is 0.136. The minimum atomic E-state index is -0.700. The van der Waals surface area contributed by atoms with E-state index in [-0.39, 0.29) is 31.0 Å². The van der Waals surface area contributed by atoms with Gasteiger partial charge in [0.25, 0.3) is 5.91 Å². The summed E-state index contributed by atoms with van der Waals surface area (Å²) >= 11 is 6.50. The van der Waals surface area contributed by atoms with Gasteiger partial charge in [0.2, 0.25) is 5.91 Å². The number of carbonyl (C=O) groups is 2. The van der Waals surface area contributed by atoms with E-state index in [1.807, 2.05) is 80.6 Å². The van der Waals surface area contributed by atoms with Crippen LogP contribution >= 0.6 is 11.6 Å². The van der Waals surface area contributed by atoms with Gasteiger partial charge < -0.3 is 15.0 Å². The summed E-state index contributed by atoms with van der Waals surface area (Å²) in [6, 6.07) is 22.5. The molecule has 0 aliphatic heterocycles. The lowest BCUT2D eigenvalue weighted by Crippen LogP contribution is -2.53. The number of hydrogen-bond acceptors (Lipinski definition) is 3. The van der Waals surface area contributed by atoms with Gasteiger partial charge in [-0.1, -0.05) is 85.1 Å². The van der Waals surface area contributed by atoms with Gasteiger partial charge in [-0.15, -0.1) is 0 Å². The van der Waals surface area contributed by atoms with Gasteiger partial charge >= 0.3 is 0 Å². The van der Waals surface area contributed by atoms with E-state index in [0.29, 0.717) is 17.2 Å². The van der Waals surface area contributed by atoms with Gasteiger partial charge in [0.15, 0.2) is 6.61 Å². The number of amides is 2. The quantitative estimate of drug-likeness (QED) is 0.356. The molecule has 1 aliphatic rings. The Morgan fingerprint density at radius 3 is 2.41 bits per heavy atom. The normalized spacial score (nSPS) is 14.2. The Labute approximate surface area is 224 Å². The van der Waals surface area contributed by atoms with Crippen molar-refractivity contribution in [1.29, 1.82) is 0 Å². The number of aryl methyl sites for hydroxylation is 1. The molecule has 0 bridgehead atoms. The molecule has 0 saturated heterocycles. The van der Waals surface area contributed by atoms with E-state index in [2.05, 4.69) is 5.32 Å². The van der Waals surface area contributed by atoms with Crippen molar-refractivity contribution in [2.24, 2.45) is 0 Å². The van der Waals surface area contributed by atoms with Crippen LogP contribution in [0.5, 0.6) is 5.75 Å². The number of benzene rings is 3. The highest BCUT2D eigenvalue weighted by Crippen LogP contribution is 2.24. The van der Waals surface area contributed by atoms with Gasteiger partial charge in [-0.25, -0.2) is 0 Å². The summed E-state index contributed by atoms with van der Waals surface area (Å²) in [5.41, 5.74) is 3.86. The third-order valence-electron chi connectivity index (χ3n) is 7.18. The molecule has 1 unspecified atom stereocenters. The third-order valence-corrected chi connectivity index (χ3v) is 7.55. The van der Waals surface area contributed by atoms with E-state index in [9.17, 15) is 9.59 Å². The molecule has 0 aromatic heterocycles. The molecule has 1 fully saturated rings. The molecular formula is C31H35ClN2O3. The monoisotopic (exact) mass is 518 g/mol. The number of halogens is 1. The van der Waals surface area contributed by atoms with Crippen molar-refractivity contribution in [3.05, 3.63) is 100 Å². The Morgan fingerprint density at radius 1 is 0.973 bits per heavy atom. The van der Waals surface area contributed by atoms with Gasteiger partial charge in [0.05, 0.1) is 0 Å². The maximum atomic E-state index is 13.8. The molecule has 37 heavy (non-hydrogen) atoms. The number of carbonyl (C=O) groups excluding carboxylic acids is 2. The number of nitrogens with zero attached hydrogens (tertiary/aromatic N) is 1. The molecule has 1 aliphatic carbocycles. The second-order valence-corrected chi connectivity index (χ2v) is 10.2. The zero-order valence-electron chi connectivity index (χ0n) is 21.6. The summed E-state index contributed by atoms with van der Waals surface area (Å²) in [5.74, 6) is 0.271. The van der Waals surface area contributed by atoms with E-state index >= 15 is 0 Å². The zero-order chi connectivity index (χ0) is 26.2. The molecule has 194 valence electrons. The molecule has 1 atom stereocenters. The second-order valence-electron chi connectivity index (χ2n) is 9.80. The van der Waals surface area contributed by atoms with Crippen molar-refractivity contribution < 1.29 is 14.3 Å². The van der Waals surface area contributed by atoms with Crippen LogP contribution in [0.25, 0.3) is 0 Å². The topological polar surface area (TPSA) is 58.6 Å². The first kappa shape index (κ1) is 26.7. The molecule has 4 rings (SSSR count). The van der Waals surface area contributed by atoms with E-state index in [4.69, 9.17) is 16.3 Å². The zero-order valence-corrected chi connectivity index (χ0v) is 22.3. The van der Waals surface area contributed by atoms with Crippen LogP contribution in [0.1, 0.15) is 47.9 Å². The summed E-state index contributed by atoms with van der Waals surface area (Å²) in [6.07, 6.45) is 4.57. The van der Waals surface area contributed by atoms with Crippen LogP contribution in [0.2, 0.25) is 5.02 Å². The van der Waals surface area contributed by atoms with Crippen LogP contribution in [-0.4, -0.2) is 35.4 Å². The molecule has 5 nitrogen and oxygen atoms in total. The fraction of sp³-hybridized carbons (Fsp3) is 0.355. The lowest BCUT2D eigenvalue weighted by atomic mass is 10.0. The van der Waals surface area contributed by atoms with Gasteiger partial charge in [-0.05, 0) is 61.1 Å². The molecule has 0 heterocycles. The molecule has 0 radical (unpaired) electrons. The smallest absolute Gasteiger partial charge is 0.261 e. The average molecular weight is 519 g/mol. The van der Waals surface area contributed by atoms with Crippen molar-refractivity contribution in [1.82, 2.24) is 10.2 Å². The van der Waals surface area contributed by atoms with Gasteiger partial charge in [-0.3, -0.25) is 9.59 Å². The van der Waals surface area contributed by atoms with Crippen molar-refractivity contribution in [3.8, 4) is 5.75 Å². The van der Waals surface area contributed by atoms with Gasteiger partial charge in [0, 0.05) is 24.0 Å². The molecule has 3 aromatic carbocycles. The van der Waals surface area contributed by atoms with Crippen LogP contribution < -0.4 is 10.1 Å². The predicted octanol–water partition coefficient (Wildman–Crippen LogP) is 6.03. The Kier molecular flexibility index (Phi) is 9.24. The predicted molar refractivity (Wildman–Crippen MR) is 148 cm³/mol. The average Bonchev–Trinajstić information content (AvgIpc) is 3.41. The SMILES string of the molecule is Cc1cccc(OCC(=O)N(Cc2ccccc2Cl)C(Cc2ccccc2)C(=O)NC2CCCC2)c1C. The molecular weight excluding hydrogens is 484 g/mol. The lowest BCUT2D eigenvalue weighted by Gasteiger charge is -2.32. The molecule has 2 amide bonds. The Bertz CT molecular complexity index is 1210. The van der Waals surface area contributed by atoms with E-state index in [0.717, 1.165) is 47.9 Å². The van der Waals surface area contributed by atoms with Gasteiger partial charge in [-0.2, -0.15) is 0 Å². The van der Waals surface area contributed by atoms with Crippen LogP contribution in [0, 0.1) is 13.8 Å². The van der Waals surface area contributed by atoms with E-state index in [1.54, 1.807) is 11.0 Å². The fourth-order valence-corrected chi connectivity index (χ4v) is 5.03. The minimum Gasteiger partial charge on any atom is -0.483 e. The largest absolute Gasteiger partial charge is 0.483 e. The molecule has 1 saturated carbocycles. The van der Waals surface area contributed by atoms with Crippen LogP contribution in [0.4, 0.5) is 0 Å². The number of rotatable bonds is 10. The van der Waals surface area contributed by atoms with Crippen molar-refractivity contribution in [3.63, 3.8) is 0 Å². The highest BCUT2D eigenvalue weighted by Gasteiger charge is 2.32. The number of ether oxygens (including phenoxy) is 1. The maximum absolute atomic E-state index is 13.8. The van der Waals surface area contributed by atoms with Crippen molar-refractivity contribution in [2.75, 3.05) is 6.61 Å². The highest BCUT2D eigenvalue weighted by molar-refractivity contribution is 6.31. The molecule has 6 heteroatoms. The Morgan fingerprint density at radius 2 is 1.68 bits per heavy atom. The van der Waals surface area contributed by atoms with Crippen molar-refractivity contribution in [2.45, 2.75) is 64.6 Å². The summed E-state index contributed by atoms with van der Waals surface area (Å²) < 4.78 is 5.99. The second kappa shape index (κ2) is 12.8. The summed E-state index contributed by atoms with van der Waals surface area (Å²) in [4.78, 5) is 29.1. The maximum Gasteiger partial charge on any atom is 0.261 e. The first-order chi connectivity index (χ1) is 17.9. The summed E-state index contributed by atoms with van der Waals surface area (Å²) in [5, 5.41) is 3.78. The van der Waals surface area contributed by atoms with Crippen molar-refractivity contribution >= 4 is 23.4 Å². The Hall–Kier alpha value is -3.31. The fourth-order valence-electron chi connectivity index (χ4n) is 4.83. The van der Waals surface area contributed by atoms with Crippen LogP contribution in [0.15, 0.2) is 72.8 Å². The summed E-state index contributed by atoms with van der Waals surface area (Å²) in [6.45, 7) is 4.03. The third kappa shape index (κ3) is 7.14. The van der Waals surface area contributed by atoms with E-state index < -0.39 is 6.04 Å². The van der Waals surface area contributed by atoms with E-state index in [1.165, 1.54) is 0 Å². The number of hydrogen-bond donors (Lipinski definition) is 1. The standard InChI is InChI=1S/C31H35ClN2O3/c1-22-11-10-18-29(23(22)2)37-21-30(35)34(20-25-14-6-9-17-27(25)32)28(19-24-12-4-3-5-13-24)31(36)33-26-15-7-8-16-26/h3-6,9-14,17-18,26,28H,7-8,15-16,19-21H2,1-2H3,(H,33,36). The highest BCUT2D eigenvalue weighted by atomic mass is 35.5. The summed E-state index contributed by atoms with van der Waals surface area (Å²) in [7, 11) is 0.